The first-order valence-corrected chi connectivity index (χ1v) is 7.99. The van der Waals surface area contributed by atoms with Crippen LogP contribution in [0.25, 0.3) is 10.9 Å². The first-order chi connectivity index (χ1) is 10.9. The van der Waals surface area contributed by atoms with Crippen LogP contribution in [0.2, 0.25) is 5.02 Å². The second-order valence-electron chi connectivity index (χ2n) is 5.46. The third-order valence-corrected chi connectivity index (χ3v) is 4.06. The van der Waals surface area contributed by atoms with Gasteiger partial charge in [-0.15, -0.1) is 0 Å². The molecule has 0 aliphatic heterocycles. The second-order valence-corrected chi connectivity index (χ2v) is 5.89. The van der Waals surface area contributed by atoms with Crippen molar-refractivity contribution in [2.24, 2.45) is 0 Å². The molecule has 1 aromatic carbocycles. The normalized spacial score (nSPS) is 12.3. The molecule has 23 heavy (non-hydrogen) atoms. The molecule has 1 atom stereocenters. The highest BCUT2D eigenvalue weighted by Crippen LogP contribution is 2.15. The molecule has 0 saturated heterocycles. The average Bonchev–Trinajstić information content (AvgIpc) is 2.51. The lowest BCUT2D eigenvalue weighted by Crippen LogP contribution is -2.43. The summed E-state index contributed by atoms with van der Waals surface area (Å²) >= 11 is 5.99. The highest BCUT2D eigenvalue weighted by atomic mass is 35.5. The van der Waals surface area contributed by atoms with Crippen LogP contribution in [0.15, 0.2) is 27.8 Å². The molecule has 7 heteroatoms. The number of amides is 1. The summed E-state index contributed by atoms with van der Waals surface area (Å²) in [5, 5.41) is 3.59. The maximum atomic E-state index is 12.5. The zero-order valence-electron chi connectivity index (χ0n) is 13.4. The molecule has 0 radical (unpaired) electrons. The molecule has 2 rings (SSSR count). The summed E-state index contributed by atoms with van der Waals surface area (Å²) in [5.74, 6) is -0.274. The number of aromatic nitrogens is 2. The number of nitrogens with one attached hydrogen (secondary N) is 1. The van der Waals surface area contributed by atoms with Gasteiger partial charge in [-0.25, -0.2) is 4.79 Å². The van der Waals surface area contributed by atoms with E-state index in [4.69, 9.17) is 11.6 Å². The standard InChI is InChI=1S/C16H20ClN3O3/c1-4-10(3)18-14(21)9-20-13-8-11(17)6-7-12(13)15(22)19(5-2)16(20)23/h6-8,10H,4-5,9H2,1-3H3,(H,18,21)/t10-/m1/s1. The largest absolute Gasteiger partial charge is 0.352 e. The van der Waals surface area contributed by atoms with Crippen LogP contribution in [0.3, 0.4) is 0 Å². The van der Waals surface area contributed by atoms with Crippen molar-refractivity contribution >= 4 is 28.4 Å². The number of nitrogens with zero attached hydrogens (tertiary/aromatic N) is 2. The minimum atomic E-state index is -0.508. The van der Waals surface area contributed by atoms with Crippen molar-refractivity contribution in [3.8, 4) is 0 Å². The molecule has 1 N–H and O–H groups in total. The summed E-state index contributed by atoms with van der Waals surface area (Å²) in [4.78, 5) is 37.1. The van der Waals surface area contributed by atoms with Gasteiger partial charge in [0.05, 0.1) is 10.9 Å². The molecule has 6 nitrogen and oxygen atoms in total. The molecule has 0 fully saturated rings. The average molecular weight is 338 g/mol. The summed E-state index contributed by atoms with van der Waals surface area (Å²) in [6.07, 6.45) is 0.793. The number of carbonyl (C=O) groups excluding carboxylic acids is 1. The van der Waals surface area contributed by atoms with Gasteiger partial charge in [-0.2, -0.15) is 0 Å². The van der Waals surface area contributed by atoms with E-state index < -0.39 is 5.69 Å². The van der Waals surface area contributed by atoms with Gasteiger partial charge in [-0.1, -0.05) is 18.5 Å². The van der Waals surface area contributed by atoms with Crippen LogP contribution in [0.1, 0.15) is 27.2 Å². The van der Waals surface area contributed by atoms with E-state index in [9.17, 15) is 14.4 Å². The van der Waals surface area contributed by atoms with Crippen molar-refractivity contribution in [1.29, 1.82) is 0 Å². The first kappa shape index (κ1) is 17.3. The Labute approximate surface area is 138 Å². The molecule has 0 aliphatic rings. The Morgan fingerprint density at radius 1 is 1.26 bits per heavy atom. The van der Waals surface area contributed by atoms with Gasteiger partial charge in [0.1, 0.15) is 6.54 Å². The Hall–Kier alpha value is -2.08. The molecule has 0 saturated carbocycles. The Kier molecular flexibility index (Phi) is 5.26. The van der Waals surface area contributed by atoms with Crippen LogP contribution in [0.4, 0.5) is 0 Å². The number of hydrogen-bond donors (Lipinski definition) is 1. The van der Waals surface area contributed by atoms with E-state index in [0.29, 0.717) is 15.9 Å². The van der Waals surface area contributed by atoms with Crippen molar-refractivity contribution in [2.75, 3.05) is 0 Å². The van der Waals surface area contributed by atoms with Gasteiger partial charge in [0.25, 0.3) is 5.56 Å². The van der Waals surface area contributed by atoms with Crippen LogP contribution >= 0.6 is 11.6 Å². The zero-order valence-corrected chi connectivity index (χ0v) is 14.2. The summed E-state index contributed by atoms with van der Waals surface area (Å²) in [5.41, 5.74) is -0.508. The summed E-state index contributed by atoms with van der Waals surface area (Å²) in [6, 6.07) is 4.73. The van der Waals surface area contributed by atoms with E-state index in [1.807, 2.05) is 13.8 Å². The lowest BCUT2D eigenvalue weighted by Gasteiger charge is -2.15. The zero-order chi connectivity index (χ0) is 17.1. The molecule has 1 heterocycles. The third kappa shape index (κ3) is 3.47. The van der Waals surface area contributed by atoms with Crippen molar-refractivity contribution < 1.29 is 4.79 Å². The number of halogens is 1. The van der Waals surface area contributed by atoms with Crippen molar-refractivity contribution in [3.63, 3.8) is 0 Å². The van der Waals surface area contributed by atoms with Gasteiger partial charge in [0.2, 0.25) is 5.91 Å². The van der Waals surface area contributed by atoms with Gasteiger partial charge in [0.15, 0.2) is 0 Å². The van der Waals surface area contributed by atoms with E-state index in [0.717, 1.165) is 11.0 Å². The van der Waals surface area contributed by atoms with E-state index in [1.54, 1.807) is 19.1 Å². The Bertz CT molecular complexity index is 854. The highest BCUT2D eigenvalue weighted by Gasteiger charge is 2.15. The number of rotatable bonds is 5. The van der Waals surface area contributed by atoms with Gasteiger partial charge in [-0.05, 0) is 38.5 Å². The predicted molar refractivity (Wildman–Crippen MR) is 91.0 cm³/mol. The Morgan fingerprint density at radius 3 is 2.57 bits per heavy atom. The van der Waals surface area contributed by atoms with Crippen LogP contribution < -0.4 is 16.6 Å². The maximum absolute atomic E-state index is 12.5. The Balaban J connectivity index is 2.62. The predicted octanol–water partition coefficient (Wildman–Crippen LogP) is 1.75. The van der Waals surface area contributed by atoms with Crippen LogP contribution in [0.5, 0.6) is 0 Å². The second kappa shape index (κ2) is 7.00. The molecular formula is C16H20ClN3O3. The van der Waals surface area contributed by atoms with E-state index in [2.05, 4.69) is 5.32 Å². The van der Waals surface area contributed by atoms with Crippen LogP contribution in [-0.2, 0) is 17.9 Å². The first-order valence-electron chi connectivity index (χ1n) is 7.61. The molecule has 0 aliphatic carbocycles. The van der Waals surface area contributed by atoms with Gasteiger partial charge < -0.3 is 5.32 Å². The smallest absolute Gasteiger partial charge is 0.331 e. The number of benzene rings is 1. The minimum Gasteiger partial charge on any atom is -0.352 e. The maximum Gasteiger partial charge on any atom is 0.331 e. The molecular weight excluding hydrogens is 318 g/mol. The lowest BCUT2D eigenvalue weighted by molar-refractivity contribution is -0.122. The minimum absolute atomic E-state index is 0.0186. The fourth-order valence-electron chi connectivity index (χ4n) is 2.39. The molecule has 124 valence electrons. The molecule has 1 aromatic heterocycles. The fourth-order valence-corrected chi connectivity index (χ4v) is 2.55. The number of fused-ring (bicyclic) bond motifs is 1. The van der Waals surface area contributed by atoms with Gasteiger partial charge >= 0.3 is 5.69 Å². The molecule has 0 bridgehead atoms. The molecule has 0 unspecified atom stereocenters. The third-order valence-electron chi connectivity index (χ3n) is 3.83. The highest BCUT2D eigenvalue weighted by molar-refractivity contribution is 6.31. The van der Waals surface area contributed by atoms with Gasteiger partial charge in [0, 0.05) is 17.6 Å². The van der Waals surface area contributed by atoms with Crippen LogP contribution in [0, 0.1) is 0 Å². The van der Waals surface area contributed by atoms with Gasteiger partial charge in [-0.3, -0.25) is 18.7 Å². The molecule has 0 spiro atoms. The monoisotopic (exact) mass is 337 g/mol. The van der Waals surface area contributed by atoms with E-state index in [1.165, 1.54) is 10.6 Å². The fraction of sp³-hybridized carbons (Fsp3) is 0.438. The SMILES string of the molecule is CC[C@@H](C)NC(=O)Cn1c(=O)n(CC)c(=O)c2ccc(Cl)cc21. The summed E-state index contributed by atoms with van der Waals surface area (Å²) < 4.78 is 2.41. The molecule has 2 aromatic rings. The topological polar surface area (TPSA) is 73.1 Å². The summed E-state index contributed by atoms with van der Waals surface area (Å²) in [6.45, 7) is 5.66. The van der Waals surface area contributed by atoms with Crippen LogP contribution in [-0.4, -0.2) is 21.1 Å². The lowest BCUT2D eigenvalue weighted by atomic mass is 10.2. The summed E-state index contributed by atoms with van der Waals surface area (Å²) in [7, 11) is 0. The van der Waals surface area contributed by atoms with E-state index >= 15 is 0 Å². The van der Waals surface area contributed by atoms with Crippen molar-refractivity contribution in [1.82, 2.24) is 14.5 Å². The number of carbonyl (C=O) groups is 1. The van der Waals surface area contributed by atoms with Crippen molar-refractivity contribution in [2.45, 2.75) is 46.3 Å². The van der Waals surface area contributed by atoms with E-state index in [-0.39, 0.29) is 30.6 Å². The number of hydrogen-bond acceptors (Lipinski definition) is 3. The van der Waals surface area contributed by atoms with Crippen molar-refractivity contribution in [3.05, 3.63) is 44.1 Å². The quantitative estimate of drug-likeness (QED) is 0.903. The Morgan fingerprint density at radius 2 is 1.96 bits per heavy atom. The molecule has 1 amide bonds.